The van der Waals surface area contributed by atoms with Crippen molar-refractivity contribution < 1.29 is 14.6 Å². The predicted molar refractivity (Wildman–Crippen MR) is 112 cm³/mol. The first-order chi connectivity index (χ1) is 14.7. The molecule has 0 saturated heterocycles. The lowest BCUT2D eigenvalue weighted by Gasteiger charge is -2.32. The number of allylic oxidation sites excluding steroid dienone is 2. The number of nitrogens with zero attached hydrogens (tertiary/aromatic N) is 3. The van der Waals surface area contributed by atoms with Gasteiger partial charge in [-0.25, -0.2) is 4.68 Å². The van der Waals surface area contributed by atoms with E-state index in [-0.39, 0.29) is 11.5 Å². The van der Waals surface area contributed by atoms with Crippen LogP contribution in [0.25, 0.3) is 11.4 Å². The molecule has 2 aliphatic rings. The van der Waals surface area contributed by atoms with Crippen LogP contribution in [0.15, 0.2) is 59.8 Å². The molecule has 0 bridgehead atoms. The third-order valence-electron chi connectivity index (χ3n) is 5.50. The Labute approximate surface area is 174 Å². The Morgan fingerprint density at radius 1 is 1.20 bits per heavy atom. The van der Waals surface area contributed by atoms with Gasteiger partial charge in [0.05, 0.1) is 6.61 Å². The summed E-state index contributed by atoms with van der Waals surface area (Å²) in [6, 6.07) is 14.5. The number of phenols is 1. The first-order valence-corrected chi connectivity index (χ1v) is 10.2. The van der Waals surface area contributed by atoms with Crippen LogP contribution in [0, 0.1) is 0 Å². The Kier molecular flexibility index (Phi) is 4.50. The van der Waals surface area contributed by atoms with Gasteiger partial charge in [0.1, 0.15) is 6.04 Å². The first-order valence-electron chi connectivity index (χ1n) is 10.2. The number of benzene rings is 2. The number of carbonyl (C=O) groups excluding carboxylic acids is 1. The number of hydrogen-bond donors (Lipinski definition) is 2. The van der Waals surface area contributed by atoms with Crippen molar-refractivity contribution in [3.05, 3.63) is 65.4 Å². The summed E-state index contributed by atoms with van der Waals surface area (Å²) in [7, 11) is 0. The van der Waals surface area contributed by atoms with Gasteiger partial charge in [0.2, 0.25) is 5.95 Å². The van der Waals surface area contributed by atoms with Gasteiger partial charge in [-0.15, -0.1) is 5.10 Å². The molecule has 2 heterocycles. The molecule has 0 spiro atoms. The lowest BCUT2D eigenvalue weighted by atomic mass is 9.85. The van der Waals surface area contributed by atoms with E-state index in [0.717, 1.165) is 29.7 Å². The van der Waals surface area contributed by atoms with Gasteiger partial charge in [-0.1, -0.05) is 36.4 Å². The van der Waals surface area contributed by atoms with Gasteiger partial charge < -0.3 is 15.2 Å². The van der Waals surface area contributed by atoms with E-state index in [4.69, 9.17) is 14.8 Å². The van der Waals surface area contributed by atoms with Gasteiger partial charge in [0, 0.05) is 23.3 Å². The summed E-state index contributed by atoms with van der Waals surface area (Å²) in [5, 5.41) is 18.2. The number of Topliss-reactive ketones (excluding diaryl/α,β-unsaturated/α-hetero) is 1. The van der Waals surface area contributed by atoms with Gasteiger partial charge in [0.15, 0.2) is 23.1 Å². The molecule has 0 unspecified atom stereocenters. The zero-order valence-corrected chi connectivity index (χ0v) is 16.6. The SMILES string of the molecule is CCOc1cc([C@H]2C3=C(CCCC3=O)Nc3nc(-c4ccccc4)nn32)ccc1O. The molecule has 7 nitrogen and oxygen atoms in total. The highest BCUT2D eigenvalue weighted by molar-refractivity contribution is 5.99. The Hall–Kier alpha value is -3.61. The molecule has 1 aliphatic carbocycles. The first kappa shape index (κ1) is 18.4. The molecule has 1 aromatic heterocycles. The molecule has 3 aromatic rings. The van der Waals surface area contributed by atoms with Crippen molar-refractivity contribution in [2.24, 2.45) is 0 Å². The van der Waals surface area contributed by atoms with E-state index in [9.17, 15) is 9.90 Å². The lowest BCUT2D eigenvalue weighted by Crippen LogP contribution is -2.31. The van der Waals surface area contributed by atoms with Crippen LogP contribution in [0.1, 0.15) is 37.8 Å². The van der Waals surface area contributed by atoms with E-state index < -0.39 is 6.04 Å². The van der Waals surface area contributed by atoms with E-state index in [2.05, 4.69) is 5.32 Å². The minimum absolute atomic E-state index is 0.0718. The Balaban J connectivity index is 1.67. The second-order valence-electron chi connectivity index (χ2n) is 7.43. The zero-order valence-electron chi connectivity index (χ0n) is 16.6. The van der Waals surface area contributed by atoms with Crippen LogP contribution >= 0.6 is 0 Å². The summed E-state index contributed by atoms with van der Waals surface area (Å²) in [5.41, 5.74) is 3.35. The van der Waals surface area contributed by atoms with Crippen molar-refractivity contribution in [3.8, 4) is 22.9 Å². The second kappa shape index (κ2) is 7.33. The summed E-state index contributed by atoms with van der Waals surface area (Å²) in [6.45, 7) is 2.30. The van der Waals surface area contributed by atoms with Gasteiger partial charge in [-0.3, -0.25) is 4.79 Å². The highest BCUT2D eigenvalue weighted by Crippen LogP contribution is 2.42. The highest BCUT2D eigenvalue weighted by atomic mass is 16.5. The van der Waals surface area contributed by atoms with Crippen molar-refractivity contribution in [2.75, 3.05) is 11.9 Å². The molecular weight excluding hydrogens is 380 g/mol. The fraction of sp³-hybridized carbons (Fsp3) is 0.261. The van der Waals surface area contributed by atoms with Crippen LogP contribution < -0.4 is 10.1 Å². The molecule has 152 valence electrons. The van der Waals surface area contributed by atoms with Crippen LogP contribution in [0.3, 0.4) is 0 Å². The maximum absolute atomic E-state index is 12.9. The molecule has 7 heteroatoms. The van der Waals surface area contributed by atoms with Crippen molar-refractivity contribution in [3.63, 3.8) is 0 Å². The Bertz CT molecular complexity index is 1150. The number of rotatable bonds is 4. The number of fused-ring (bicyclic) bond motifs is 1. The average Bonchev–Trinajstić information content (AvgIpc) is 3.19. The monoisotopic (exact) mass is 402 g/mol. The molecular formula is C23H22N4O3. The number of phenolic OH excluding ortho intramolecular Hbond substituents is 1. The van der Waals surface area contributed by atoms with Crippen LogP contribution in [-0.4, -0.2) is 32.3 Å². The summed E-state index contributed by atoms with van der Waals surface area (Å²) < 4.78 is 7.35. The van der Waals surface area contributed by atoms with Crippen molar-refractivity contribution in [2.45, 2.75) is 32.2 Å². The summed E-state index contributed by atoms with van der Waals surface area (Å²) in [6.07, 6.45) is 2.13. The Morgan fingerprint density at radius 2 is 2.03 bits per heavy atom. The smallest absolute Gasteiger partial charge is 0.226 e. The second-order valence-corrected chi connectivity index (χ2v) is 7.43. The average molecular weight is 402 g/mol. The largest absolute Gasteiger partial charge is 0.504 e. The van der Waals surface area contributed by atoms with Crippen molar-refractivity contribution in [1.29, 1.82) is 0 Å². The lowest BCUT2D eigenvalue weighted by molar-refractivity contribution is -0.116. The Morgan fingerprint density at radius 3 is 2.83 bits per heavy atom. The minimum atomic E-state index is -0.422. The summed E-state index contributed by atoms with van der Waals surface area (Å²) >= 11 is 0. The number of aromatic nitrogens is 3. The number of aromatic hydroxyl groups is 1. The molecule has 30 heavy (non-hydrogen) atoms. The molecule has 1 aliphatic heterocycles. The molecule has 2 aromatic carbocycles. The standard InChI is InChI=1S/C23H22N4O3/c1-2-30-19-13-15(11-12-17(19)28)21-20-16(9-6-10-18(20)29)24-23-25-22(26-27(21)23)14-7-4-3-5-8-14/h3-5,7-8,11-13,21,28H,2,6,9-10H2,1H3,(H,24,25,26)/t21-/m0/s1. The van der Waals surface area contributed by atoms with E-state index in [1.165, 1.54) is 0 Å². The van der Waals surface area contributed by atoms with Gasteiger partial charge in [-0.2, -0.15) is 4.98 Å². The molecule has 2 N–H and O–H groups in total. The molecule has 0 amide bonds. The summed E-state index contributed by atoms with van der Waals surface area (Å²) in [5.74, 6) is 1.78. The number of anilines is 1. The quantitative estimate of drug-likeness (QED) is 0.684. The maximum atomic E-state index is 12.9. The van der Waals surface area contributed by atoms with E-state index in [1.807, 2.05) is 43.3 Å². The number of carbonyl (C=O) groups is 1. The van der Waals surface area contributed by atoms with Crippen molar-refractivity contribution in [1.82, 2.24) is 14.8 Å². The third-order valence-corrected chi connectivity index (χ3v) is 5.50. The van der Waals surface area contributed by atoms with Crippen LogP contribution in [-0.2, 0) is 4.79 Å². The van der Waals surface area contributed by atoms with Crippen LogP contribution in [0.4, 0.5) is 5.95 Å². The minimum Gasteiger partial charge on any atom is -0.504 e. The van der Waals surface area contributed by atoms with Crippen LogP contribution in [0.5, 0.6) is 11.5 Å². The van der Waals surface area contributed by atoms with E-state index >= 15 is 0 Å². The topological polar surface area (TPSA) is 89.3 Å². The molecule has 0 radical (unpaired) electrons. The van der Waals surface area contributed by atoms with Gasteiger partial charge in [0.25, 0.3) is 0 Å². The fourth-order valence-corrected chi connectivity index (χ4v) is 4.15. The molecule has 1 atom stereocenters. The predicted octanol–water partition coefficient (Wildman–Crippen LogP) is 4.07. The number of hydrogen-bond acceptors (Lipinski definition) is 6. The number of nitrogens with one attached hydrogen (secondary N) is 1. The normalized spacial score (nSPS) is 17.9. The molecule has 0 fully saturated rings. The van der Waals surface area contributed by atoms with Crippen molar-refractivity contribution >= 4 is 11.7 Å². The zero-order chi connectivity index (χ0) is 20.7. The third kappa shape index (κ3) is 3.03. The number of ether oxygens (including phenoxy) is 1. The molecule has 5 rings (SSSR count). The summed E-state index contributed by atoms with van der Waals surface area (Å²) in [4.78, 5) is 17.6. The van der Waals surface area contributed by atoms with Crippen LogP contribution in [0.2, 0.25) is 0 Å². The fourth-order valence-electron chi connectivity index (χ4n) is 4.15. The molecule has 0 saturated carbocycles. The highest BCUT2D eigenvalue weighted by Gasteiger charge is 2.37. The number of ketones is 1. The maximum Gasteiger partial charge on any atom is 0.226 e. The van der Waals surface area contributed by atoms with E-state index in [1.54, 1.807) is 16.8 Å². The van der Waals surface area contributed by atoms with Gasteiger partial charge >= 0.3 is 0 Å². The van der Waals surface area contributed by atoms with Gasteiger partial charge in [-0.05, 0) is 37.5 Å². The van der Waals surface area contributed by atoms with E-state index in [0.29, 0.717) is 36.1 Å².